The van der Waals surface area contributed by atoms with Crippen LogP contribution in [0.15, 0.2) is 48.5 Å². The summed E-state index contributed by atoms with van der Waals surface area (Å²) in [5, 5.41) is 12.0. The molecule has 0 aromatic heterocycles. The van der Waals surface area contributed by atoms with Gasteiger partial charge >= 0.3 is 0 Å². The fourth-order valence-corrected chi connectivity index (χ4v) is 2.94. The molecule has 0 saturated heterocycles. The summed E-state index contributed by atoms with van der Waals surface area (Å²) in [7, 11) is -3.08. The van der Waals surface area contributed by atoms with Crippen LogP contribution in [0.2, 0.25) is 0 Å². The number of hydrogen-bond acceptors (Lipinski definition) is 4. The lowest BCUT2D eigenvalue weighted by molar-refractivity contribution is 0.0954. The molecule has 2 aromatic rings. The number of benzene rings is 2. The highest BCUT2D eigenvalue weighted by atomic mass is 32.2. The number of nitrogens with one attached hydrogen (secondary N) is 1. The third-order valence-corrected chi connectivity index (χ3v) is 4.14. The molecule has 2 aromatic carbocycles. The van der Waals surface area contributed by atoms with E-state index >= 15 is 0 Å². The zero-order valence-corrected chi connectivity index (χ0v) is 13.6. The molecule has 0 aliphatic rings. The average molecular weight is 333 g/mol. The Morgan fingerprint density at radius 1 is 1.00 bits per heavy atom. The van der Waals surface area contributed by atoms with Crippen molar-refractivity contribution in [2.75, 3.05) is 12.8 Å². The first-order valence-electron chi connectivity index (χ1n) is 7.16. The van der Waals surface area contributed by atoms with Gasteiger partial charge in [-0.1, -0.05) is 24.3 Å². The Morgan fingerprint density at radius 3 is 2.13 bits per heavy atom. The van der Waals surface area contributed by atoms with E-state index in [0.29, 0.717) is 24.1 Å². The highest BCUT2D eigenvalue weighted by molar-refractivity contribution is 7.89. The van der Waals surface area contributed by atoms with E-state index in [1.807, 2.05) is 12.1 Å². The van der Waals surface area contributed by atoms with Gasteiger partial charge in [0.05, 0.1) is 5.75 Å². The molecule has 2 rings (SSSR count). The van der Waals surface area contributed by atoms with Gasteiger partial charge in [-0.05, 0) is 41.8 Å². The maximum Gasteiger partial charge on any atom is 0.251 e. The number of phenols is 1. The molecule has 6 heteroatoms. The van der Waals surface area contributed by atoms with Gasteiger partial charge in [0, 0.05) is 18.4 Å². The summed E-state index contributed by atoms with van der Waals surface area (Å²) in [5.41, 5.74) is 2.17. The second-order valence-corrected chi connectivity index (χ2v) is 7.58. The van der Waals surface area contributed by atoms with Crippen molar-refractivity contribution in [1.29, 1.82) is 0 Å². The molecule has 5 nitrogen and oxygen atoms in total. The minimum Gasteiger partial charge on any atom is -0.508 e. The summed E-state index contributed by atoms with van der Waals surface area (Å²) < 4.78 is 22.4. The molecule has 1 amide bonds. The first-order chi connectivity index (χ1) is 10.8. The van der Waals surface area contributed by atoms with Crippen LogP contribution >= 0.6 is 0 Å². The van der Waals surface area contributed by atoms with Crippen LogP contribution in [-0.2, 0) is 22.0 Å². The van der Waals surface area contributed by atoms with E-state index in [0.717, 1.165) is 5.56 Å². The number of phenolic OH excluding ortho intramolecular Hbond substituents is 1. The molecule has 23 heavy (non-hydrogen) atoms. The van der Waals surface area contributed by atoms with E-state index in [1.165, 1.54) is 6.26 Å². The SMILES string of the molecule is CS(=O)(=O)Cc1ccc(C(=O)NCCc2ccc(O)cc2)cc1. The molecule has 122 valence electrons. The smallest absolute Gasteiger partial charge is 0.251 e. The van der Waals surface area contributed by atoms with Gasteiger partial charge in [-0.15, -0.1) is 0 Å². The molecular formula is C17H19NO4S. The summed E-state index contributed by atoms with van der Waals surface area (Å²) in [6, 6.07) is 13.4. The molecule has 0 heterocycles. The molecule has 0 bridgehead atoms. The molecule has 2 N–H and O–H groups in total. The van der Waals surface area contributed by atoms with Crippen LogP contribution in [0.25, 0.3) is 0 Å². The molecule has 0 unspecified atom stereocenters. The first kappa shape index (κ1) is 17.0. The summed E-state index contributed by atoms with van der Waals surface area (Å²) >= 11 is 0. The number of aromatic hydroxyl groups is 1. The highest BCUT2D eigenvalue weighted by Gasteiger charge is 2.07. The molecule has 0 spiro atoms. The van der Waals surface area contributed by atoms with Crippen molar-refractivity contribution < 1.29 is 18.3 Å². The van der Waals surface area contributed by atoms with Crippen molar-refractivity contribution in [2.24, 2.45) is 0 Å². The lowest BCUT2D eigenvalue weighted by Crippen LogP contribution is -2.25. The van der Waals surface area contributed by atoms with E-state index in [4.69, 9.17) is 0 Å². The van der Waals surface area contributed by atoms with E-state index in [-0.39, 0.29) is 17.4 Å². The molecule has 0 fully saturated rings. The monoisotopic (exact) mass is 333 g/mol. The standard InChI is InChI=1S/C17H19NO4S/c1-23(21,22)12-14-2-6-15(7-3-14)17(20)18-11-10-13-4-8-16(19)9-5-13/h2-9,19H,10-12H2,1H3,(H,18,20). The molecule has 0 atom stereocenters. The quantitative estimate of drug-likeness (QED) is 0.846. The van der Waals surface area contributed by atoms with E-state index in [2.05, 4.69) is 5.32 Å². The fraction of sp³-hybridized carbons (Fsp3) is 0.235. The van der Waals surface area contributed by atoms with Gasteiger partial charge in [0.25, 0.3) is 5.91 Å². The first-order valence-corrected chi connectivity index (χ1v) is 9.22. The van der Waals surface area contributed by atoms with Gasteiger partial charge in [-0.3, -0.25) is 4.79 Å². The largest absolute Gasteiger partial charge is 0.508 e. The zero-order valence-electron chi connectivity index (χ0n) is 12.8. The van der Waals surface area contributed by atoms with Crippen LogP contribution in [-0.4, -0.2) is 32.2 Å². The van der Waals surface area contributed by atoms with Crippen LogP contribution < -0.4 is 5.32 Å². The minimum atomic E-state index is -3.08. The van der Waals surface area contributed by atoms with Crippen LogP contribution in [0, 0.1) is 0 Å². The van der Waals surface area contributed by atoms with E-state index in [1.54, 1.807) is 36.4 Å². The molecule has 0 saturated carbocycles. The third-order valence-electron chi connectivity index (χ3n) is 3.28. The third kappa shape index (κ3) is 5.75. The second kappa shape index (κ2) is 7.28. The van der Waals surface area contributed by atoms with Crippen molar-refractivity contribution in [3.05, 3.63) is 65.2 Å². The lowest BCUT2D eigenvalue weighted by Gasteiger charge is -2.06. The summed E-state index contributed by atoms with van der Waals surface area (Å²) in [5.74, 6) is -0.0166. The van der Waals surface area contributed by atoms with Crippen LogP contribution in [0.3, 0.4) is 0 Å². The molecule has 0 aliphatic heterocycles. The normalized spacial score (nSPS) is 11.2. The Balaban J connectivity index is 1.87. The van der Waals surface area contributed by atoms with Gasteiger partial charge in [-0.25, -0.2) is 8.42 Å². The maximum absolute atomic E-state index is 12.0. The fourth-order valence-electron chi connectivity index (χ4n) is 2.14. The molecular weight excluding hydrogens is 314 g/mol. The maximum atomic E-state index is 12.0. The Morgan fingerprint density at radius 2 is 1.57 bits per heavy atom. The van der Waals surface area contributed by atoms with Crippen molar-refractivity contribution in [1.82, 2.24) is 5.32 Å². The molecule has 0 radical (unpaired) electrons. The second-order valence-electron chi connectivity index (χ2n) is 5.44. The van der Waals surface area contributed by atoms with Crippen molar-refractivity contribution in [3.8, 4) is 5.75 Å². The minimum absolute atomic E-state index is 0.0320. The van der Waals surface area contributed by atoms with Crippen LogP contribution in [0.4, 0.5) is 0 Å². The van der Waals surface area contributed by atoms with Gasteiger partial charge in [0.1, 0.15) is 5.75 Å². The van der Waals surface area contributed by atoms with E-state index in [9.17, 15) is 18.3 Å². The van der Waals surface area contributed by atoms with E-state index < -0.39 is 9.84 Å². The zero-order chi connectivity index (χ0) is 16.9. The Bertz CT molecular complexity index is 765. The number of carbonyl (C=O) groups is 1. The summed E-state index contributed by atoms with van der Waals surface area (Å²) in [4.78, 5) is 12.0. The number of sulfone groups is 1. The number of hydrogen-bond donors (Lipinski definition) is 2. The summed E-state index contributed by atoms with van der Waals surface area (Å²) in [6.07, 6.45) is 1.84. The van der Waals surface area contributed by atoms with Crippen molar-refractivity contribution in [2.45, 2.75) is 12.2 Å². The Labute approximate surface area is 135 Å². The van der Waals surface area contributed by atoms with Gasteiger partial charge < -0.3 is 10.4 Å². The van der Waals surface area contributed by atoms with Crippen LogP contribution in [0.5, 0.6) is 5.75 Å². The topological polar surface area (TPSA) is 83.5 Å². The Hall–Kier alpha value is -2.34. The molecule has 0 aliphatic carbocycles. The van der Waals surface area contributed by atoms with Crippen LogP contribution in [0.1, 0.15) is 21.5 Å². The Kier molecular flexibility index (Phi) is 5.39. The van der Waals surface area contributed by atoms with Gasteiger partial charge in [0.15, 0.2) is 9.84 Å². The van der Waals surface area contributed by atoms with Crippen molar-refractivity contribution >= 4 is 15.7 Å². The number of amides is 1. The van der Waals surface area contributed by atoms with Gasteiger partial charge in [0.2, 0.25) is 0 Å². The predicted molar refractivity (Wildman–Crippen MR) is 89.1 cm³/mol. The van der Waals surface area contributed by atoms with Gasteiger partial charge in [-0.2, -0.15) is 0 Å². The van der Waals surface area contributed by atoms with Crippen molar-refractivity contribution in [3.63, 3.8) is 0 Å². The average Bonchev–Trinajstić information content (AvgIpc) is 2.48. The lowest BCUT2D eigenvalue weighted by atomic mass is 10.1. The number of rotatable bonds is 6. The predicted octanol–water partition coefficient (Wildman–Crippen LogP) is 1.91. The number of carbonyl (C=O) groups excluding carboxylic acids is 1. The summed E-state index contributed by atoms with van der Waals surface area (Å²) in [6.45, 7) is 0.481. The highest BCUT2D eigenvalue weighted by Crippen LogP contribution is 2.10.